The van der Waals surface area contributed by atoms with Gasteiger partial charge < -0.3 is 4.57 Å². The van der Waals surface area contributed by atoms with Gasteiger partial charge in [0.05, 0.1) is 11.9 Å². The Morgan fingerprint density at radius 3 is 2.65 bits per heavy atom. The molecule has 0 atom stereocenters. The largest absolute Gasteiger partial charge is 0.327 e. The summed E-state index contributed by atoms with van der Waals surface area (Å²) in [6.07, 6.45) is 11.0. The van der Waals surface area contributed by atoms with Crippen LogP contribution in [0.15, 0.2) is 48.7 Å². The van der Waals surface area contributed by atoms with Crippen LogP contribution in [0.5, 0.6) is 0 Å². The molecule has 2 aromatic carbocycles. The summed E-state index contributed by atoms with van der Waals surface area (Å²) in [6, 6.07) is 13.7. The third kappa shape index (κ3) is 6.69. The van der Waals surface area contributed by atoms with E-state index >= 15 is 0 Å². The van der Waals surface area contributed by atoms with Crippen molar-refractivity contribution in [1.29, 1.82) is 0 Å². The van der Waals surface area contributed by atoms with Crippen LogP contribution in [0.3, 0.4) is 0 Å². The van der Waals surface area contributed by atoms with Crippen LogP contribution in [0.1, 0.15) is 68.7 Å². The van der Waals surface area contributed by atoms with E-state index in [1.54, 1.807) is 12.1 Å². The van der Waals surface area contributed by atoms with E-state index < -0.39 is 0 Å². The van der Waals surface area contributed by atoms with Crippen LogP contribution in [-0.4, -0.2) is 21.0 Å². The Morgan fingerprint density at radius 2 is 1.91 bits per heavy atom. The molecule has 1 aliphatic carbocycles. The van der Waals surface area contributed by atoms with Crippen molar-refractivity contribution in [3.63, 3.8) is 0 Å². The van der Waals surface area contributed by atoms with Crippen LogP contribution in [-0.2, 0) is 19.6 Å². The van der Waals surface area contributed by atoms with E-state index in [9.17, 15) is 4.39 Å². The Morgan fingerprint density at radius 1 is 1.09 bits per heavy atom. The Hall–Kier alpha value is -1.73. The minimum atomic E-state index is -0.211. The Balaban J connectivity index is 1.61. The highest BCUT2D eigenvalue weighted by molar-refractivity contribution is 14.1. The quantitative estimate of drug-likeness (QED) is 0.229. The molecule has 0 unspecified atom stereocenters. The van der Waals surface area contributed by atoms with Crippen molar-refractivity contribution in [2.45, 2.75) is 78.4 Å². The minimum absolute atomic E-state index is 0.211. The van der Waals surface area contributed by atoms with E-state index in [-0.39, 0.29) is 5.82 Å². The number of nitrogens with zero attached hydrogens (tertiary/aromatic N) is 3. The minimum Gasteiger partial charge on any atom is -0.327 e. The van der Waals surface area contributed by atoms with Gasteiger partial charge in [-0.3, -0.25) is 4.90 Å². The maximum atomic E-state index is 14.0. The molecular weight excluding hydrogens is 536 g/mol. The van der Waals surface area contributed by atoms with Gasteiger partial charge in [-0.05, 0) is 84.0 Å². The Bertz CT molecular complexity index is 1070. The van der Waals surface area contributed by atoms with Crippen molar-refractivity contribution < 1.29 is 4.39 Å². The zero-order valence-corrected chi connectivity index (χ0v) is 22.7. The molecule has 5 heteroatoms. The van der Waals surface area contributed by atoms with E-state index in [0.717, 1.165) is 56.3 Å². The molecule has 3 aromatic rings. The van der Waals surface area contributed by atoms with Crippen LogP contribution in [0.2, 0.25) is 0 Å². The number of unbranched alkanes of at least 4 members (excludes halogenated alkanes) is 1. The number of rotatable bonds is 10. The highest BCUT2D eigenvalue weighted by Gasteiger charge is 2.20. The Kier molecular flexibility index (Phi) is 9.17. The molecule has 1 heterocycles. The summed E-state index contributed by atoms with van der Waals surface area (Å²) >= 11 is 2.45. The fourth-order valence-electron chi connectivity index (χ4n) is 5.10. The lowest BCUT2D eigenvalue weighted by atomic mass is 9.89. The number of aromatic nitrogens is 2. The van der Waals surface area contributed by atoms with E-state index in [1.165, 1.54) is 58.6 Å². The summed E-state index contributed by atoms with van der Waals surface area (Å²) in [6.45, 7) is 8.24. The molecule has 0 aliphatic heterocycles. The highest BCUT2D eigenvalue weighted by Crippen LogP contribution is 2.27. The smallest absolute Gasteiger partial charge is 0.140 e. The van der Waals surface area contributed by atoms with Gasteiger partial charge in [0, 0.05) is 35.3 Å². The molecule has 1 saturated carbocycles. The zero-order valence-electron chi connectivity index (χ0n) is 20.6. The van der Waals surface area contributed by atoms with Crippen molar-refractivity contribution in [2.24, 2.45) is 5.92 Å². The highest BCUT2D eigenvalue weighted by atomic mass is 127. The van der Waals surface area contributed by atoms with Crippen LogP contribution in [0.25, 0.3) is 11.4 Å². The fourth-order valence-corrected chi connectivity index (χ4v) is 5.68. The van der Waals surface area contributed by atoms with Gasteiger partial charge >= 0.3 is 0 Å². The summed E-state index contributed by atoms with van der Waals surface area (Å²) in [5.74, 6) is 1.44. The molecule has 0 N–H and O–H groups in total. The second-order valence-corrected chi connectivity index (χ2v) is 11.0. The lowest BCUT2D eigenvalue weighted by molar-refractivity contribution is 0.183. The van der Waals surface area contributed by atoms with Gasteiger partial charge in [-0.25, -0.2) is 9.37 Å². The van der Waals surface area contributed by atoms with Crippen LogP contribution < -0.4 is 0 Å². The molecule has 182 valence electrons. The number of aryl methyl sites for hydroxylation is 1. The third-order valence-corrected chi connectivity index (χ3v) is 8.19. The fraction of sp³-hybridized carbons (Fsp3) is 0.483. The van der Waals surface area contributed by atoms with Gasteiger partial charge in [0.25, 0.3) is 0 Å². The average molecular weight is 574 g/mol. The van der Waals surface area contributed by atoms with Gasteiger partial charge in [-0.1, -0.05) is 56.9 Å². The van der Waals surface area contributed by atoms with Crippen molar-refractivity contribution in [3.8, 4) is 11.4 Å². The lowest BCUT2D eigenvalue weighted by Crippen LogP contribution is -2.31. The number of benzene rings is 2. The van der Waals surface area contributed by atoms with Gasteiger partial charge in [0.15, 0.2) is 0 Å². The first-order chi connectivity index (χ1) is 16.5. The number of hydrogen-bond donors (Lipinski definition) is 0. The molecule has 0 saturated heterocycles. The van der Waals surface area contributed by atoms with Crippen LogP contribution in [0.4, 0.5) is 4.39 Å². The first-order valence-electron chi connectivity index (χ1n) is 12.8. The van der Waals surface area contributed by atoms with Gasteiger partial charge in [0.1, 0.15) is 11.6 Å². The van der Waals surface area contributed by atoms with E-state index in [0.29, 0.717) is 0 Å². The lowest BCUT2D eigenvalue weighted by Gasteiger charge is -2.30. The van der Waals surface area contributed by atoms with E-state index in [4.69, 9.17) is 4.98 Å². The molecule has 0 amide bonds. The van der Waals surface area contributed by atoms with Crippen molar-refractivity contribution in [1.82, 2.24) is 14.5 Å². The monoisotopic (exact) mass is 573 g/mol. The average Bonchev–Trinajstić information content (AvgIpc) is 3.23. The maximum absolute atomic E-state index is 14.0. The predicted molar refractivity (Wildman–Crippen MR) is 147 cm³/mol. The predicted octanol–water partition coefficient (Wildman–Crippen LogP) is 7.98. The number of imidazole rings is 1. The summed E-state index contributed by atoms with van der Waals surface area (Å²) in [4.78, 5) is 7.40. The molecule has 1 aliphatic rings. The number of hydrogen-bond acceptors (Lipinski definition) is 2. The van der Waals surface area contributed by atoms with Crippen molar-refractivity contribution in [3.05, 3.63) is 74.9 Å². The molecule has 0 bridgehead atoms. The second kappa shape index (κ2) is 12.3. The van der Waals surface area contributed by atoms with Gasteiger partial charge in [-0.2, -0.15) is 0 Å². The molecule has 1 aromatic heterocycles. The first-order valence-corrected chi connectivity index (χ1v) is 13.9. The SMILES string of the molecule is CCCCn1c(CN(Cc2ccc(C)c(I)c2)CC2CCCCC2)cnc1-c1cccc(F)c1. The third-order valence-electron chi connectivity index (χ3n) is 7.03. The standard InChI is InChI=1S/C29H37FIN3/c1-3-4-15-34-27(18-32-29(34)25-11-8-12-26(30)17-25)21-33(19-23-9-6-5-7-10-23)20-24-14-13-22(2)28(31)16-24/h8,11-14,16-18,23H,3-7,9-10,15,19-21H2,1-2H3. The molecule has 0 spiro atoms. The van der Waals surface area contributed by atoms with E-state index in [1.807, 2.05) is 12.3 Å². The van der Waals surface area contributed by atoms with Crippen LogP contribution in [0, 0.1) is 22.2 Å². The molecule has 34 heavy (non-hydrogen) atoms. The maximum Gasteiger partial charge on any atom is 0.140 e. The van der Waals surface area contributed by atoms with Gasteiger partial charge in [-0.15, -0.1) is 0 Å². The summed E-state index contributed by atoms with van der Waals surface area (Å²) in [7, 11) is 0. The number of halogens is 2. The van der Waals surface area contributed by atoms with Gasteiger partial charge in [0.2, 0.25) is 0 Å². The van der Waals surface area contributed by atoms with Crippen molar-refractivity contribution >= 4 is 22.6 Å². The van der Waals surface area contributed by atoms with E-state index in [2.05, 4.69) is 64.1 Å². The molecule has 1 fully saturated rings. The topological polar surface area (TPSA) is 21.1 Å². The van der Waals surface area contributed by atoms with Crippen molar-refractivity contribution in [2.75, 3.05) is 6.54 Å². The second-order valence-electron chi connectivity index (χ2n) is 9.85. The molecule has 3 nitrogen and oxygen atoms in total. The van der Waals surface area contributed by atoms with Crippen LogP contribution >= 0.6 is 22.6 Å². The molecular formula is C29H37FIN3. The Labute approximate surface area is 217 Å². The summed E-state index contributed by atoms with van der Waals surface area (Å²) < 4.78 is 17.6. The normalized spacial score (nSPS) is 14.7. The summed E-state index contributed by atoms with van der Waals surface area (Å²) in [5.41, 5.74) is 4.79. The first kappa shape index (κ1) is 25.4. The molecule has 4 rings (SSSR count). The molecule has 0 radical (unpaired) electrons. The summed E-state index contributed by atoms with van der Waals surface area (Å²) in [5, 5.41) is 0. The zero-order chi connectivity index (χ0) is 23.9.